The summed E-state index contributed by atoms with van der Waals surface area (Å²) in [6.07, 6.45) is 6.17. The monoisotopic (exact) mass is 442 g/mol. The van der Waals surface area contributed by atoms with Gasteiger partial charge in [-0.3, -0.25) is 0 Å². The fraction of sp³-hybridized carbons (Fsp3) is 0.524. The topological polar surface area (TPSA) is 67.4 Å². The lowest BCUT2D eigenvalue weighted by atomic mass is 9.73. The van der Waals surface area contributed by atoms with Crippen molar-refractivity contribution in [3.8, 4) is 0 Å². The molecule has 1 aromatic rings. The second kappa shape index (κ2) is 8.01. The lowest BCUT2D eigenvalue weighted by Gasteiger charge is -2.47. The van der Waals surface area contributed by atoms with Gasteiger partial charge < -0.3 is 10.1 Å². The average Bonchev–Trinajstić information content (AvgIpc) is 2.70. The predicted octanol–water partition coefficient (Wildman–Crippen LogP) is 4.02. The fourth-order valence-electron chi connectivity index (χ4n) is 4.66. The summed E-state index contributed by atoms with van der Waals surface area (Å²) in [5.74, 6) is 0.212. The van der Waals surface area contributed by atoms with Gasteiger partial charge in [0, 0.05) is 35.7 Å². The minimum Gasteiger partial charge on any atom is -0.381 e. The second-order valence-electron chi connectivity index (χ2n) is 8.22. The lowest BCUT2D eigenvalue weighted by Crippen LogP contribution is -2.48. The van der Waals surface area contributed by atoms with Gasteiger partial charge in [0.2, 0.25) is 10.0 Å². The Morgan fingerprint density at radius 2 is 2.03 bits per heavy atom. The van der Waals surface area contributed by atoms with Crippen LogP contribution in [-0.2, 0) is 20.9 Å². The molecule has 2 N–H and O–H groups in total. The highest BCUT2D eigenvalue weighted by Gasteiger charge is 2.45. The van der Waals surface area contributed by atoms with Gasteiger partial charge in [-0.25, -0.2) is 13.1 Å². The van der Waals surface area contributed by atoms with Crippen molar-refractivity contribution >= 4 is 15.7 Å². The molecule has 0 radical (unpaired) electrons. The van der Waals surface area contributed by atoms with Crippen molar-refractivity contribution < 1.29 is 26.3 Å². The maximum absolute atomic E-state index is 13.3. The largest absolute Gasteiger partial charge is 0.416 e. The molecule has 1 aromatic carbocycles. The molecule has 2 aliphatic heterocycles. The molecule has 1 saturated heterocycles. The summed E-state index contributed by atoms with van der Waals surface area (Å²) in [5.41, 5.74) is 0.431. The smallest absolute Gasteiger partial charge is 0.381 e. The van der Waals surface area contributed by atoms with Gasteiger partial charge in [0.05, 0.1) is 24.0 Å². The molecule has 0 bridgehead atoms. The van der Waals surface area contributed by atoms with E-state index in [4.69, 9.17) is 4.74 Å². The van der Waals surface area contributed by atoms with Gasteiger partial charge in [-0.1, -0.05) is 24.3 Å². The summed E-state index contributed by atoms with van der Waals surface area (Å²) in [4.78, 5) is 0. The van der Waals surface area contributed by atoms with Crippen LogP contribution in [0.15, 0.2) is 42.5 Å². The van der Waals surface area contributed by atoms with Gasteiger partial charge in [0.15, 0.2) is 0 Å². The molecule has 5 atom stereocenters. The molecule has 1 fully saturated rings. The zero-order chi connectivity index (χ0) is 21.5. The highest BCUT2D eigenvalue weighted by atomic mass is 32.2. The summed E-state index contributed by atoms with van der Waals surface area (Å²) in [7, 11) is -3.38. The van der Waals surface area contributed by atoms with Gasteiger partial charge in [-0.2, -0.15) is 13.2 Å². The number of halogens is 3. The first kappa shape index (κ1) is 21.4. The van der Waals surface area contributed by atoms with E-state index in [1.807, 2.05) is 12.2 Å². The molecule has 1 aliphatic carbocycles. The van der Waals surface area contributed by atoms with Gasteiger partial charge in [-0.05, 0) is 37.5 Å². The molecule has 5 nitrogen and oxygen atoms in total. The van der Waals surface area contributed by atoms with Crippen LogP contribution in [-0.4, -0.2) is 33.4 Å². The predicted molar refractivity (Wildman–Crippen MR) is 108 cm³/mol. The number of fused-ring (bicyclic) bond motifs is 3. The first-order valence-electron chi connectivity index (χ1n) is 10.0. The number of alkyl halides is 3. The van der Waals surface area contributed by atoms with Crippen LogP contribution in [0.25, 0.3) is 0 Å². The number of allylic oxidation sites excluding steroid dienone is 3. The zero-order valence-electron chi connectivity index (χ0n) is 16.5. The molecule has 9 heteroatoms. The molecule has 30 heavy (non-hydrogen) atoms. The van der Waals surface area contributed by atoms with E-state index in [-0.39, 0.29) is 30.5 Å². The van der Waals surface area contributed by atoms with Crippen molar-refractivity contribution in [2.24, 2.45) is 11.8 Å². The quantitative estimate of drug-likeness (QED) is 0.739. The summed E-state index contributed by atoms with van der Waals surface area (Å²) >= 11 is 0. The molecule has 1 unspecified atom stereocenters. The van der Waals surface area contributed by atoms with E-state index >= 15 is 0 Å². The molecule has 3 aliphatic rings. The summed E-state index contributed by atoms with van der Waals surface area (Å²) in [5, 5.41) is 3.47. The van der Waals surface area contributed by atoms with Crippen molar-refractivity contribution in [3.63, 3.8) is 0 Å². The maximum Gasteiger partial charge on any atom is 0.416 e. The Bertz CT molecular complexity index is 959. The first-order valence-corrected chi connectivity index (χ1v) is 11.9. The highest BCUT2D eigenvalue weighted by Crippen LogP contribution is 2.49. The average molecular weight is 443 g/mol. The molecular formula is C21H25F3N2O3S. The number of benzene rings is 1. The molecule has 0 spiro atoms. The van der Waals surface area contributed by atoms with Crippen LogP contribution < -0.4 is 10.0 Å². The standard InChI is InChI=1S/C21H25F3N2O3S/c1-30(27,28)25-12-15-8-9-16-19(13-5-3-2-4-6-13)26-18-10-7-14(21(22,23)24)11-17(18)20(16)29-15/h2-5,7,10-11,13,15-16,19-20,25-26H,6,8-9,12H2,1H3/t13?,15-,16+,19+,20+/m1/s1. The lowest BCUT2D eigenvalue weighted by molar-refractivity contribution is -0.138. The molecule has 0 saturated carbocycles. The van der Waals surface area contributed by atoms with Crippen molar-refractivity contribution in [2.45, 2.75) is 43.7 Å². The van der Waals surface area contributed by atoms with Crippen LogP contribution in [0.5, 0.6) is 0 Å². The Kier molecular flexibility index (Phi) is 5.71. The number of ether oxygens (including phenoxy) is 1. The van der Waals surface area contributed by atoms with Crippen LogP contribution in [0, 0.1) is 11.8 Å². The molecule has 164 valence electrons. The van der Waals surface area contributed by atoms with E-state index in [9.17, 15) is 21.6 Å². The Hall–Kier alpha value is -1.84. The van der Waals surface area contributed by atoms with Gasteiger partial charge in [0.25, 0.3) is 0 Å². The fourth-order valence-corrected chi connectivity index (χ4v) is 5.14. The van der Waals surface area contributed by atoms with Crippen LogP contribution in [0.2, 0.25) is 0 Å². The second-order valence-corrected chi connectivity index (χ2v) is 10.1. The van der Waals surface area contributed by atoms with E-state index in [1.54, 1.807) is 0 Å². The molecule has 4 rings (SSSR count). The van der Waals surface area contributed by atoms with Crippen LogP contribution in [0.1, 0.15) is 36.5 Å². The van der Waals surface area contributed by atoms with Gasteiger partial charge in [-0.15, -0.1) is 0 Å². The number of sulfonamides is 1. The van der Waals surface area contributed by atoms with E-state index in [0.717, 1.165) is 25.2 Å². The third-order valence-corrected chi connectivity index (χ3v) is 6.76. The summed E-state index contributed by atoms with van der Waals surface area (Å²) in [6, 6.07) is 3.76. The van der Waals surface area contributed by atoms with Gasteiger partial charge in [0.1, 0.15) is 0 Å². The third-order valence-electron chi connectivity index (χ3n) is 6.07. The number of anilines is 1. The van der Waals surface area contributed by atoms with Crippen LogP contribution >= 0.6 is 0 Å². The zero-order valence-corrected chi connectivity index (χ0v) is 17.3. The molecular weight excluding hydrogens is 417 g/mol. The van der Waals surface area contributed by atoms with Gasteiger partial charge >= 0.3 is 6.18 Å². The van der Waals surface area contributed by atoms with E-state index in [1.165, 1.54) is 12.1 Å². The number of rotatable bonds is 4. The Morgan fingerprint density at radius 3 is 2.70 bits per heavy atom. The minimum atomic E-state index is -4.44. The highest BCUT2D eigenvalue weighted by molar-refractivity contribution is 7.88. The summed E-state index contributed by atoms with van der Waals surface area (Å²) in [6.45, 7) is 0.112. The van der Waals surface area contributed by atoms with E-state index in [0.29, 0.717) is 17.7 Å². The number of hydrogen-bond donors (Lipinski definition) is 2. The molecule has 0 aromatic heterocycles. The maximum atomic E-state index is 13.3. The normalized spacial score (nSPS) is 31.0. The minimum absolute atomic E-state index is 0.00313. The number of hydrogen-bond acceptors (Lipinski definition) is 4. The SMILES string of the molecule is CS(=O)(=O)NC[C@H]1CC[C@@H]2[C@H](O1)c1cc(C(F)(F)F)ccc1N[C@H]2C1C=CC=CC1. The van der Waals surface area contributed by atoms with Crippen molar-refractivity contribution in [1.82, 2.24) is 4.72 Å². The van der Waals surface area contributed by atoms with Crippen LogP contribution in [0.3, 0.4) is 0 Å². The van der Waals surface area contributed by atoms with Crippen LogP contribution in [0.4, 0.5) is 18.9 Å². The van der Waals surface area contributed by atoms with Crippen molar-refractivity contribution in [3.05, 3.63) is 53.6 Å². The number of nitrogens with one attached hydrogen (secondary N) is 2. The Balaban J connectivity index is 1.65. The molecule has 2 heterocycles. The first-order chi connectivity index (χ1) is 14.1. The van der Waals surface area contributed by atoms with E-state index in [2.05, 4.69) is 22.2 Å². The van der Waals surface area contributed by atoms with E-state index < -0.39 is 27.9 Å². The third kappa shape index (κ3) is 4.58. The Labute approximate surface area is 174 Å². The summed E-state index contributed by atoms with van der Waals surface area (Å²) < 4.78 is 71.6. The van der Waals surface area contributed by atoms with Crippen molar-refractivity contribution in [2.75, 3.05) is 18.1 Å². The Morgan fingerprint density at radius 1 is 1.23 bits per heavy atom. The van der Waals surface area contributed by atoms with Crippen molar-refractivity contribution in [1.29, 1.82) is 0 Å². The molecule has 0 amide bonds.